The molecule has 2 saturated heterocycles. The first-order chi connectivity index (χ1) is 11.2. The number of hydrogen-bond acceptors (Lipinski definition) is 6. The van der Waals surface area contributed by atoms with Crippen LogP contribution in [0, 0.1) is 12.8 Å². The maximum atomic E-state index is 12.3. The van der Waals surface area contributed by atoms with Crippen molar-refractivity contribution in [3.63, 3.8) is 0 Å². The molecule has 1 aromatic rings. The number of amides is 1. The SMILES string of the molecule is Cc1nnc(CCNC(=O)C2CCN(C3CCOCC3)CC2)s1. The van der Waals surface area contributed by atoms with E-state index in [2.05, 4.69) is 20.4 Å². The Morgan fingerprint density at radius 2 is 2.00 bits per heavy atom. The number of likely N-dealkylation sites (tertiary alicyclic amines) is 1. The van der Waals surface area contributed by atoms with E-state index in [1.807, 2.05) is 6.92 Å². The summed E-state index contributed by atoms with van der Waals surface area (Å²) in [4.78, 5) is 14.8. The van der Waals surface area contributed by atoms with Crippen LogP contribution in [0.15, 0.2) is 0 Å². The number of carbonyl (C=O) groups is 1. The van der Waals surface area contributed by atoms with Gasteiger partial charge in [0.05, 0.1) is 0 Å². The Kier molecular flexibility index (Phi) is 5.96. The highest BCUT2D eigenvalue weighted by Crippen LogP contribution is 2.23. The van der Waals surface area contributed by atoms with E-state index in [4.69, 9.17) is 4.74 Å². The van der Waals surface area contributed by atoms with Gasteiger partial charge < -0.3 is 15.0 Å². The average molecular weight is 338 g/mol. The van der Waals surface area contributed by atoms with Gasteiger partial charge in [0, 0.05) is 38.1 Å². The van der Waals surface area contributed by atoms with Crippen LogP contribution in [0.5, 0.6) is 0 Å². The van der Waals surface area contributed by atoms with Crippen LogP contribution in [-0.2, 0) is 16.0 Å². The summed E-state index contributed by atoms with van der Waals surface area (Å²) in [7, 11) is 0. The topological polar surface area (TPSA) is 67.4 Å². The largest absolute Gasteiger partial charge is 0.381 e. The molecule has 7 heteroatoms. The zero-order chi connectivity index (χ0) is 16.1. The number of piperidine rings is 1. The second kappa shape index (κ2) is 8.17. The molecule has 1 aromatic heterocycles. The summed E-state index contributed by atoms with van der Waals surface area (Å²) in [6.45, 7) is 6.46. The van der Waals surface area contributed by atoms with Crippen molar-refractivity contribution >= 4 is 17.2 Å². The first-order valence-corrected chi connectivity index (χ1v) is 9.42. The van der Waals surface area contributed by atoms with Crippen LogP contribution in [0.25, 0.3) is 0 Å². The third kappa shape index (κ3) is 4.71. The number of carbonyl (C=O) groups excluding carboxylic acids is 1. The molecule has 2 aliphatic rings. The van der Waals surface area contributed by atoms with Gasteiger partial charge in [-0.05, 0) is 45.7 Å². The lowest BCUT2D eigenvalue weighted by molar-refractivity contribution is -0.126. The van der Waals surface area contributed by atoms with Gasteiger partial charge in [-0.1, -0.05) is 0 Å². The maximum Gasteiger partial charge on any atom is 0.223 e. The summed E-state index contributed by atoms with van der Waals surface area (Å²) in [6.07, 6.45) is 5.00. The van der Waals surface area contributed by atoms with E-state index in [9.17, 15) is 4.79 Å². The summed E-state index contributed by atoms with van der Waals surface area (Å²) in [5.74, 6) is 0.375. The smallest absolute Gasteiger partial charge is 0.223 e. The van der Waals surface area contributed by atoms with Crippen LogP contribution in [0.3, 0.4) is 0 Å². The average Bonchev–Trinajstić information content (AvgIpc) is 3.01. The zero-order valence-corrected chi connectivity index (χ0v) is 14.6. The van der Waals surface area contributed by atoms with E-state index in [0.29, 0.717) is 12.6 Å². The van der Waals surface area contributed by atoms with E-state index in [1.165, 1.54) is 0 Å². The molecule has 0 saturated carbocycles. The molecule has 0 bridgehead atoms. The molecule has 3 rings (SSSR count). The number of aromatic nitrogens is 2. The first kappa shape index (κ1) is 16.8. The number of hydrogen-bond donors (Lipinski definition) is 1. The Bertz CT molecular complexity index is 508. The lowest BCUT2D eigenvalue weighted by Crippen LogP contribution is -2.46. The van der Waals surface area contributed by atoms with E-state index < -0.39 is 0 Å². The fourth-order valence-electron chi connectivity index (χ4n) is 3.45. The Morgan fingerprint density at radius 1 is 1.26 bits per heavy atom. The molecule has 23 heavy (non-hydrogen) atoms. The third-order valence-corrected chi connectivity index (χ3v) is 5.71. The van der Waals surface area contributed by atoms with Crippen LogP contribution < -0.4 is 5.32 Å². The molecule has 2 fully saturated rings. The maximum absolute atomic E-state index is 12.3. The minimum absolute atomic E-state index is 0.169. The highest BCUT2D eigenvalue weighted by atomic mass is 32.1. The Labute approximate surface area is 141 Å². The summed E-state index contributed by atoms with van der Waals surface area (Å²) in [6, 6.07) is 0.661. The molecule has 0 unspecified atom stereocenters. The molecule has 0 atom stereocenters. The second-order valence-electron chi connectivity index (χ2n) is 6.41. The predicted octanol–water partition coefficient (Wildman–Crippen LogP) is 1.40. The van der Waals surface area contributed by atoms with Crippen molar-refractivity contribution in [3.05, 3.63) is 10.0 Å². The molecule has 1 N–H and O–H groups in total. The lowest BCUT2D eigenvalue weighted by atomic mass is 9.93. The summed E-state index contributed by atoms with van der Waals surface area (Å²) >= 11 is 1.60. The molecule has 6 nitrogen and oxygen atoms in total. The fraction of sp³-hybridized carbons (Fsp3) is 0.812. The standard InChI is InChI=1S/C16H26N4O2S/c1-12-18-19-15(23-12)2-7-17-16(21)13-3-8-20(9-4-13)14-5-10-22-11-6-14/h13-14H,2-11H2,1H3,(H,17,21). The van der Waals surface area contributed by atoms with Crippen LogP contribution in [0.2, 0.25) is 0 Å². The Morgan fingerprint density at radius 3 is 2.65 bits per heavy atom. The van der Waals surface area contributed by atoms with Crippen molar-refractivity contribution in [2.75, 3.05) is 32.8 Å². The Hall–Kier alpha value is -1.05. The molecule has 0 aliphatic carbocycles. The summed E-state index contributed by atoms with van der Waals surface area (Å²) < 4.78 is 5.43. The van der Waals surface area contributed by atoms with Crippen molar-refractivity contribution in [2.24, 2.45) is 5.92 Å². The molecular weight excluding hydrogens is 312 g/mol. The van der Waals surface area contributed by atoms with E-state index in [-0.39, 0.29) is 11.8 Å². The van der Waals surface area contributed by atoms with Crippen LogP contribution in [0.1, 0.15) is 35.7 Å². The fourth-order valence-corrected chi connectivity index (χ4v) is 4.16. The number of nitrogens with zero attached hydrogens (tertiary/aromatic N) is 3. The van der Waals surface area contributed by atoms with Crippen molar-refractivity contribution in [1.29, 1.82) is 0 Å². The molecule has 1 amide bonds. The van der Waals surface area contributed by atoms with E-state index in [0.717, 1.165) is 68.4 Å². The van der Waals surface area contributed by atoms with Crippen LogP contribution in [-0.4, -0.2) is 59.9 Å². The highest BCUT2D eigenvalue weighted by Gasteiger charge is 2.29. The van der Waals surface area contributed by atoms with Gasteiger partial charge in [-0.15, -0.1) is 21.5 Å². The van der Waals surface area contributed by atoms with E-state index >= 15 is 0 Å². The highest BCUT2D eigenvalue weighted by molar-refractivity contribution is 7.11. The van der Waals surface area contributed by atoms with E-state index in [1.54, 1.807) is 11.3 Å². The number of aryl methyl sites for hydroxylation is 1. The number of ether oxygens (including phenoxy) is 1. The quantitative estimate of drug-likeness (QED) is 0.879. The summed E-state index contributed by atoms with van der Waals surface area (Å²) in [5.41, 5.74) is 0. The minimum atomic E-state index is 0.169. The Balaban J connectivity index is 1.36. The van der Waals surface area contributed by atoms with Crippen molar-refractivity contribution < 1.29 is 9.53 Å². The summed E-state index contributed by atoms with van der Waals surface area (Å²) in [5, 5.41) is 13.1. The van der Waals surface area contributed by atoms with Crippen LogP contribution in [0.4, 0.5) is 0 Å². The monoisotopic (exact) mass is 338 g/mol. The number of nitrogens with one attached hydrogen (secondary N) is 1. The predicted molar refractivity (Wildman–Crippen MR) is 89.5 cm³/mol. The minimum Gasteiger partial charge on any atom is -0.381 e. The molecule has 2 aliphatic heterocycles. The molecular formula is C16H26N4O2S. The van der Waals surface area contributed by atoms with Gasteiger partial charge in [-0.2, -0.15) is 0 Å². The molecule has 128 valence electrons. The van der Waals surface area contributed by atoms with Gasteiger partial charge in [-0.3, -0.25) is 4.79 Å². The molecule has 0 aromatic carbocycles. The lowest BCUT2D eigenvalue weighted by Gasteiger charge is -2.38. The van der Waals surface area contributed by atoms with Gasteiger partial charge in [0.1, 0.15) is 10.0 Å². The van der Waals surface area contributed by atoms with Gasteiger partial charge in [0.25, 0.3) is 0 Å². The van der Waals surface area contributed by atoms with Gasteiger partial charge in [-0.25, -0.2) is 0 Å². The zero-order valence-electron chi connectivity index (χ0n) is 13.8. The van der Waals surface area contributed by atoms with Gasteiger partial charge in [0.2, 0.25) is 5.91 Å². The normalized spacial score (nSPS) is 21.4. The molecule has 0 spiro atoms. The van der Waals surface area contributed by atoms with Crippen molar-refractivity contribution in [3.8, 4) is 0 Å². The van der Waals surface area contributed by atoms with Crippen molar-refractivity contribution in [1.82, 2.24) is 20.4 Å². The first-order valence-electron chi connectivity index (χ1n) is 8.61. The van der Waals surface area contributed by atoms with Gasteiger partial charge >= 0.3 is 0 Å². The van der Waals surface area contributed by atoms with Crippen LogP contribution >= 0.6 is 11.3 Å². The second-order valence-corrected chi connectivity index (χ2v) is 7.68. The molecule has 3 heterocycles. The van der Waals surface area contributed by atoms with Gasteiger partial charge in [0.15, 0.2) is 0 Å². The molecule has 0 radical (unpaired) electrons. The van der Waals surface area contributed by atoms with Crippen molar-refractivity contribution in [2.45, 2.75) is 45.1 Å². The third-order valence-electron chi connectivity index (χ3n) is 4.81. The number of rotatable bonds is 5.